The normalized spacial score (nSPS) is 20.3. The Morgan fingerprint density at radius 3 is 2.85 bits per heavy atom. The average molecular weight is 387 g/mol. The Kier molecular flexibility index (Phi) is 5.93. The Labute approximate surface area is 165 Å². The first kappa shape index (κ1) is 18.7. The first-order valence-corrected chi connectivity index (χ1v) is 11.2. The zero-order valence-corrected chi connectivity index (χ0v) is 17.1. The van der Waals surface area contributed by atoms with Crippen molar-refractivity contribution in [3.05, 3.63) is 39.3 Å². The second-order valence-electron chi connectivity index (χ2n) is 7.83. The van der Waals surface area contributed by atoms with Crippen molar-refractivity contribution in [2.75, 3.05) is 19.6 Å². The van der Waals surface area contributed by atoms with Crippen LogP contribution in [0.15, 0.2) is 17.5 Å². The molecule has 0 radical (unpaired) electrons. The number of aryl methyl sites for hydroxylation is 1. The second-order valence-corrected chi connectivity index (χ2v) is 8.86. The van der Waals surface area contributed by atoms with Gasteiger partial charge < -0.3 is 10.2 Å². The Balaban J connectivity index is 1.43. The quantitative estimate of drug-likeness (QED) is 0.859. The van der Waals surface area contributed by atoms with E-state index in [4.69, 9.17) is 0 Å². The number of thiophene rings is 1. The van der Waals surface area contributed by atoms with Gasteiger partial charge in [-0.05, 0) is 50.0 Å². The summed E-state index contributed by atoms with van der Waals surface area (Å²) in [5.41, 5.74) is 3.15. The van der Waals surface area contributed by atoms with Crippen molar-refractivity contribution in [3.63, 3.8) is 0 Å². The summed E-state index contributed by atoms with van der Waals surface area (Å²) >= 11 is 1.82. The standard InChI is InChI=1S/C21H30N4OS/c1-24-19-9-8-16(22-11-10-17-7-6-14-27-17)15-18(19)20(23-24)21(26)25-12-4-2-3-5-13-25/h6-7,14,16,22H,2-5,8-13,15H2,1H3. The van der Waals surface area contributed by atoms with Gasteiger partial charge in [0.25, 0.3) is 5.91 Å². The number of rotatable bonds is 5. The van der Waals surface area contributed by atoms with Gasteiger partial charge in [0.15, 0.2) is 5.69 Å². The molecule has 1 atom stereocenters. The maximum absolute atomic E-state index is 13.1. The molecule has 6 heteroatoms. The molecule has 1 unspecified atom stereocenters. The Bertz CT molecular complexity index is 759. The molecule has 0 bridgehead atoms. The fourth-order valence-electron chi connectivity index (χ4n) is 4.41. The van der Waals surface area contributed by atoms with E-state index in [9.17, 15) is 4.79 Å². The van der Waals surface area contributed by atoms with Gasteiger partial charge in [0.05, 0.1) is 0 Å². The third-order valence-electron chi connectivity index (χ3n) is 5.94. The van der Waals surface area contributed by atoms with Crippen LogP contribution in [0, 0.1) is 0 Å². The van der Waals surface area contributed by atoms with Gasteiger partial charge in [-0.15, -0.1) is 11.3 Å². The molecule has 146 valence electrons. The fourth-order valence-corrected chi connectivity index (χ4v) is 5.12. The molecular formula is C21H30N4OS. The highest BCUT2D eigenvalue weighted by Gasteiger charge is 2.30. The average Bonchev–Trinajstić information content (AvgIpc) is 3.20. The summed E-state index contributed by atoms with van der Waals surface area (Å²) in [5.74, 6) is 0.146. The van der Waals surface area contributed by atoms with Crippen molar-refractivity contribution in [3.8, 4) is 0 Å². The lowest BCUT2D eigenvalue weighted by Crippen LogP contribution is -2.37. The third-order valence-corrected chi connectivity index (χ3v) is 6.87. The molecular weight excluding hydrogens is 356 g/mol. The highest BCUT2D eigenvalue weighted by molar-refractivity contribution is 7.09. The molecule has 5 nitrogen and oxygen atoms in total. The lowest BCUT2D eigenvalue weighted by molar-refractivity contribution is 0.0753. The number of hydrogen-bond donors (Lipinski definition) is 1. The van der Waals surface area contributed by atoms with Crippen molar-refractivity contribution in [1.29, 1.82) is 0 Å². The van der Waals surface area contributed by atoms with Crippen LogP contribution in [-0.4, -0.2) is 46.3 Å². The van der Waals surface area contributed by atoms with Crippen LogP contribution in [0.3, 0.4) is 0 Å². The van der Waals surface area contributed by atoms with Crippen LogP contribution in [0.2, 0.25) is 0 Å². The Morgan fingerprint density at radius 1 is 1.30 bits per heavy atom. The minimum Gasteiger partial charge on any atom is -0.337 e. The van der Waals surface area contributed by atoms with E-state index in [0.717, 1.165) is 58.2 Å². The first-order chi connectivity index (χ1) is 13.2. The summed E-state index contributed by atoms with van der Waals surface area (Å²) in [6, 6.07) is 4.76. The first-order valence-electron chi connectivity index (χ1n) is 10.3. The SMILES string of the molecule is Cn1nc(C(=O)N2CCCCCC2)c2c1CCC(NCCc1cccs1)C2. The lowest BCUT2D eigenvalue weighted by Gasteiger charge is -2.25. The van der Waals surface area contributed by atoms with Crippen LogP contribution in [-0.2, 0) is 26.3 Å². The smallest absolute Gasteiger partial charge is 0.274 e. The van der Waals surface area contributed by atoms with E-state index in [2.05, 4.69) is 27.9 Å². The minimum absolute atomic E-state index is 0.146. The molecule has 0 aromatic carbocycles. The van der Waals surface area contributed by atoms with Crippen molar-refractivity contribution >= 4 is 17.2 Å². The number of carbonyl (C=O) groups excluding carboxylic acids is 1. The van der Waals surface area contributed by atoms with Crippen molar-refractivity contribution in [1.82, 2.24) is 20.0 Å². The maximum Gasteiger partial charge on any atom is 0.274 e. The predicted octanol–water partition coefficient (Wildman–Crippen LogP) is 3.19. The van der Waals surface area contributed by atoms with Crippen LogP contribution in [0.4, 0.5) is 0 Å². The van der Waals surface area contributed by atoms with E-state index in [1.807, 2.05) is 28.0 Å². The van der Waals surface area contributed by atoms with E-state index < -0.39 is 0 Å². The molecule has 4 rings (SSSR count). The summed E-state index contributed by atoms with van der Waals surface area (Å²) in [5, 5.41) is 10.5. The van der Waals surface area contributed by atoms with Crippen LogP contribution in [0.1, 0.15) is 58.7 Å². The summed E-state index contributed by atoms with van der Waals surface area (Å²) in [4.78, 5) is 16.6. The second kappa shape index (κ2) is 8.57. The maximum atomic E-state index is 13.1. The molecule has 0 spiro atoms. The van der Waals surface area contributed by atoms with E-state index >= 15 is 0 Å². The van der Waals surface area contributed by atoms with Gasteiger partial charge in [0, 0.05) is 48.9 Å². The zero-order valence-electron chi connectivity index (χ0n) is 16.2. The predicted molar refractivity (Wildman–Crippen MR) is 109 cm³/mol. The van der Waals surface area contributed by atoms with E-state index in [-0.39, 0.29) is 5.91 Å². The third kappa shape index (κ3) is 4.27. The van der Waals surface area contributed by atoms with E-state index in [1.54, 1.807) is 0 Å². The molecule has 1 fully saturated rings. The van der Waals surface area contributed by atoms with Crippen molar-refractivity contribution in [2.24, 2.45) is 7.05 Å². The minimum atomic E-state index is 0.146. The van der Waals surface area contributed by atoms with Crippen LogP contribution >= 0.6 is 11.3 Å². The largest absolute Gasteiger partial charge is 0.337 e. The molecule has 2 aliphatic rings. The fraction of sp³-hybridized carbons (Fsp3) is 0.619. The molecule has 1 amide bonds. The number of nitrogens with one attached hydrogen (secondary N) is 1. The summed E-state index contributed by atoms with van der Waals surface area (Å²) in [6.07, 6.45) is 8.83. The molecule has 1 aliphatic heterocycles. The molecule has 3 heterocycles. The number of aromatic nitrogens is 2. The molecule has 0 saturated carbocycles. The van der Waals surface area contributed by atoms with Gasteiger partial charge in [-0.3, -0.25) is 9.48 Å². The van der Waals surface area contributed by atoms with Crippen LogP contribution < -0.4 is 5.32 Å². The zero-order chi connectivity index (χ0) is 18.6. The number of hydrogen-bond acceptors (Lipinski definition) is 4. The Morgan fingerprint density at radius 2 is 2.11 bits per heavy atom. The summed E-state index contributed by atoms with van der Waals surface area (Å²) < 4.78 is 1.95. The van der Waals surface area contributed by atoms with Crippen molar-refractivity contribution < 1.29 is 4.79 Å². The lowest BCUT2D eigenvalue weighted by atomic mass is 9.91. The van der Waals surface area contributed by atoms with Gasteiger partial charge >= 0.3 is 0 Å². The van der Waals surface area contributed by atoms with E-state index in [0.29, 0.717) is 11.7 Å². The van der Waals surface area contributed by atoms with Gasteiger partial charge in [-0.25, -0.2) is 0 Å². The Hall–Kier alpha value is -1.66. The molecule has 1 saturated heterocycles. The monoisotopic (exact) mass is 386 g/mol. The summed E-state index contributed by atoms with van der Waals surface area (Å²) in [6.45, 7) is 2.76. The number of amides is 1. The van der Waals surface area contributed by atoms with Crippen LogP contribution in [0.5, 0.6) is 0 Å². The number of carbonyl (C=O) groups is 1. The van der Waals surface area contributed by atoms with Gasteiger partial charge in [-0.1, -0.05) is 18.9 Å². The van der Waals surface area contributed by atoms with Gasteiger partial charge in [0.1, 0.15) is 0 Å². The summed E-state index contributed by atoms with van der Waals surface area (Å²) in [7, 11) is 1.99. The van der Waals surface area contributed by atoms with Crippen molar-refractivity contribution in [2.45, 2.75) is 57.4 Å². The number of fused-ring (bicyclic) bond motifs is 1. The highest BCUT2D eigenvalue weighted by Crippen LogP contribution is 2.26. The van der Waals surface area contributed by atoms with Crippen LogP contribution in [0.25, 0.3) is 0 Å². The molecule has 27 heavy (non-hydrogen) atoms. The number of likely N-dealkylation sites (tertiary alicyclic amines) is 1. The van der Waals surface area contributed by atoms with Gasteiger partial charge in [0.2, 0.25) is 0 Å². The van der Waals surface area contributed by atoms with Gasteiger partial charge in [-0.2, -0.15) is 5.10 Å². The van der Waals surface area contributed by atoms with E-state index in [1.165, 1.54) is 29.0 Å². The highest BCUT2D eigenvalue weighted by atomic mass is 32.1. The molecule has 1 aliphatic carbocycles. The molecule has 2 aromatic heterocycles. The number of nitrogens with zero attached hydrogens (tertiary/aromatic N) is 3. The molecule has 1 N–H and O–H groups in total. The topological polar surface area (TPSA) is 50.2 Å². The molecule has 2 aromatic rings.